The van der Waals surface area contributed by atoms with Crippen LogP contribution in [0.3, 0.4) is 0 Å². The van der Waals surface area contributed by atoms with Gasteiger partial charge in [-0.05, 0) is 36.4 Å². The third kappa shape index (κ3) is 4.19. The quantitative estimate of drug-likeness (QED) is 0.548. The molecule has 0 bridgehead atoms. The molecule has 0 radical (unpaired) electrons. The molecule has 3 aromatic rings. The van der Waals surface area contributed by atoms with Crippen LogP contribution in [0.2, 0.25) is 0 Å². The van der Waals surface area contributed by atoms with Crippen LogP contribution >= 0.6 is 11.8 Å². The molecule has 0 amide bonds. The minimum atomic E-state index is -0.422. The van der Waals surface area contributed by atoms with Crippen molar-refractivity contribution < 1.29 is 23.4 Å². The topological polar surface area (TPSA) is 75.5 Å². The first-order chi connectivity index (χ1) is 14.2. The van der Waals surface area contributed by atoms with E-state index in [4.69, 9.17) is 14.2 Å². The molecule has 0 unspecified atom stereocenters. The van der Waals surface area contributed by atoms with Crippen LogP contribution in [0.15, 0.2) is 53.7 Å². The summed E-state index contributed by atoms with van der Waals surface area (Å²) >= 11 is 1.21. The second-order valence-corrected chi connectivity index (χ2v) is 7.38. The third-order valence-electron chi connectivity index (χ3n) is 4.36. The van der Waals surface area contributed by atoms with Crippen molar-refractivity contribution in [2.45, 2.75) is 23.4 Å². The molecule has 9 heteroatoms. The molecule has 1 aromatic heterocycles. The summed E-state index contributed by atoms with van der Waals surface area (Å²) in [4.78, 5) is 11.9. The van der Waals surface area contributed by atoms with Crippen molar-refractivity contribution in [3.05, 3.63) is 60.2 Å². The van der Waals surface area contributed by atoms with Crippen molar-refractivity contribution >= 4 is 17.7 Å². The lowest BCUT2D eigenvalue weighted by molar-refractivity contribution is -0.137. The Morgan fingerprint density at radius 1 is 1.17 bits per heavy atom. The summed E-state index contributed by atoms with van der Waals surface area (Å²) < 4.78 is 32.0. The van der Waals surface area contributed by atoms with Gasteiger partial charge in [-0.1, -0.05) is 23.9 Å². The number of ether oxygens (including phenoxy) is 3. The van der Waals surface area contributed by atoms with E-state index in [1.54, 1.807) is 54.1 Å². The molecule has 1 aliphatic rings. The molecule has 1 aliphatic heterocycles. The number of carbonyl (C=O) groups is 1. The van der Waals surface area contributed by atoms with E-state index in [2.05, 4.69) is 10.2 Å². The number of rotatable bonds is 7. The standard InChI is InChI=1S/C20H18FN3O4S/c1-26-13-6-8-14(9-7-13)28-12-18-22-23-20(29-17-10-11-27-19(17)25)24(18)16-5-3-2-4-15(16)21/h2-9,17H,10-12H2,1H3/t17-/m0/s1. The number of cyclic esters (lactones) is 1. The fourth-order valence-corrected chi connectivity index (χ4v) is 3.91. The van der Waals surface area contributed by atoms with Crippen molar-refractivity contribution in [3.8, 4) is 17.2 Å². The van der Waals surface area contributed by atoms with Gasteiger partial charge in [0.2, 0.25) is 0 Å². The summed E-state index contributed by atoms with van der Waals surface area (Å²) in [7, 11) is 1.59. The zero-order valence-corrected chi connectivity index (χ0v) is 16.4. The Bertz CT molecular complexity index is 1010. The lowest BCUT2D eigenvalue weighted by Crippen LogP contribution is -2.13. The third-order valence-corrected chi connectivity index (χ3v) is 5.54. The number of para-hydroxylation sites is 1. The number of hydrogen-bond acceptors (Lipinski definition) is 7. The van der Waals surface area contributed by atoms with Crippen LogP contribution in [0, 0.1) is 5.82 Å². The number of nitrogens with zero attached hydrogens (tertiary/aromatic N) is 3. The number of hydrogen-bond donors (Lipinski definition) is 0. The molecule has 0 spiro atoms. The first-order valence-corrected chi connectivity index (χ1v) is 9.83. The first-order valence-electron chi connectivity index (χ1n) is 8.95. The van der Waals surface area contributed by atoms with Gasteiger partial charge in [0.15, 0.2) is 11.0 Å². The number of halogens is 1. The number of carbonyl (C=O) groups excluding carboxylic acids is 1. The minimum Gasteiger partial charge on any atom is -0.497 e. The maximum Gasteiger partial charge on any atom is 0.319 e. The monoisotopic (exact) mass is 415 g/mol. The van der Waals surface area contributed by atoms with Gasteiger partial charge in [-0.15, -0.1) is 10.2 Å². The van der Waals surface area contributed by atoms with E-state index >= 15 is 0 Å². The van der Waals surface area contributed by atoms with E-state index in [1.165, 1.54) is 17.8 Å². The zero-order valence-electron chi connectivity index (χ0n) is 15.6. The molecule has 2 aromatic carbocycles. The van der Waals surface area contributed by atoms with E-state index < -0.39 is 5.82 Å². The highest BCUT2D eigenvalue weighted by Gasteiger charge is 2.30. The molecule has 7 nitrogen and oxygen atoms in total. The number of aromatic nitrogens is 3. The second-order valence-electron chi connectivity index (χ2n) is 6.21. The van der Waals surface area contributed by atoms with Crippen molar-refractivity contribution in [1.29, 1.82) is 0 Å². The number of benzene rings is 2. The average molecular weight is 415 g/mol. The Hall–Kier alpha value is -3.07. The summed E-state index contributed by atoms with van der Waals surface area (Å²) in [6.45, 7) is 0.446. The molecular weight excluding hydrogens is 397 g/mol. The SMILES string of the molecule is COc1ccc(OCc2nnc(S[C@H]3CCOC3=O)n2-c2ccccc2F)cc1. The fourth-order valence-electron chi connectivity index (χ4n) is 2.88. The molecule has 29 heavy (non-hydrogen) atoms. The smallest absolute Gasteiger partial charge is 0.319 e. The highest BCUT2D eigenvalue weighted by Crippen LogP contribution is 2.31. The number of methoxy groups -OCH3 is 1. The molecule has 1 fully saturated rings. The molecule has 2 heterocycles. The van der Waals surface area contributed by atoms with Gasteiger partial charge in [0, 0.05) is 6.42 Å². The largest absolute Gasteiger partial charge is 0.497 e. The highest BCUT2D eigenvalue weighted by molar-refractivity contribution is 8.00. The predicted molar refractivity (Wildman–Crippen MR) is 104 cm³/mol. The van der Waals surface area contributed by atoms with Crippen LogP contribution in [0.5, 0.6) is 11.5 Å². The van der Waals surface area contributed by atoms with Gasteiger partial charge in [-0.2, -0.15) is 0 Å². The van der Waals surface area contributed by atoms with E-state index in [9.17, 15) is 9.18 Å². The molecule has 0 aliphatic carbocycles. The van der Waals surface area contributed by atoms with Gasteiger partial charge < -0.3 is 14.2 Å². The van der Waals surface area contributed by atoms with Crippen molar-refractivity contribution in [2.75, 3.05) is 13.7 Å². The Kier molecular flexibility index (Phi) is 5.66. The van der Waals surface area contributed by atoms with Crippen LogP contribution in [-0.4, -0.2) is 39.7 Å². The van der Waals surface area contributed by atoms with Crippen LogP contribution in [0.1, 0.15) is 12.2 Å². The Labute approximate surface area is 170 Å². The molecule has 150 valence electrons. The van der Waals surface area contributed by atoms with Crippen LogP contribution in [0.25, 0.3) is 5.69 Å². The molecular formula is C20H18FN3O4S. The summed E-state index contributed by atoms with van der Waals surface area (Å²) in [5.74, 6) is 1.03. The van der Waals surface area contributed by atoms with Gasteiger partial charge in [-0.25, -0.2) is 4.39 Å². The minimum absolute atomic E-state index is 0.0728. The van der Waals surface area contributed by atoms with Crippen LogP contribution in [0.4, 0.5) is 4.39 Å². The maximum absolute atomic E-state index is 14.5. The summed E-state index contributed by atoms with van der Waals surface area (Å²) in [6, 6.07) is 13.4. The predicted octanol–water partition coefficient (Wildman–Crippen LogP) is 3.40. The van der Waals surface area contributed by atoms with Gasteiger partial charge >= 0.3 is 5.97 Å². The number of esters is 1. The Balaban J connectivity index is 1.62. The zero-order chi connectivity index (χ0) is 20.2. The van der Waals surface area contributed by atoms with Gasteiger partial charge in [0.1, 0.15) is 29.2 Å². The number of thioether (sulfide) groups is 1. The second kappa shape index (κ2) is 8.52. The molecule has 1 atom stereocenters. The summed E-state index contributed by atoms with van der Waals surface area (Å²) in [5, 5.41) is 8.37. The lowest BCUT2D eigenvalue weighted by Gasteiger charge is -2.13. The van der Waals surface area contributed by atoms with Crippen LogP contribution < -0.4 is 9.47 Å². The lowest BCUT2D eigenvalue weighted by atomic mass is 10.3. The van der Waals surface area contributed by atoms with E-state index in [-0.39, 0.29) is 17.8 Å². The average Bonchev–Trinajstić information content (AvgIpc) is 3.33. The van der Waals surface area contributed by atoms with Crippen molar-refractivity contribution in [2.24, 2.45) is 0 Å². The van der Waals surface area contributed by atoms with Crippen LogP contribution in [-0.2, 0) is 16.1 Å². The Morgan fingerprint density at radius 2 is 1.93 bits per heavy atom. The van der Waals surface area contributed by atoms with Gasteiger partial charge in [-0.3, -0.25) is 9.36 Å². The first kappa shape index (κ1) is 19.3. The normalized spacial score (nSPS) is 15.9. The van der Waals surface area contributed by atoms with E-state index in [0.717, 1.165) is 0 Å². The van der Waals surface area contributed by atoms with Gasteiger partial charge in [0.05, 0.1) is 19.4 Å². The molecule has 4 rings (SSSR count). The van der Waals surface area contributed by atoms with Crippen molar-refractivity contribution in [1.82, 2.24) is 14.8 Å². The molecule has 0 saturated carbocycles. The van der Waals surface area contributed by atoms with E-state index in [1.807, 2.05) is 0 Å². The highest BCUT2D eigenvalue weighted by atomic mass is 32.2. The van der Waals surface area contributed by atoms with Crippen molar-refractivity contribution in [3.63, 3.8) is 0 Å². The van der Waals surface area contributed by atoms with E-state index in [0.29, 0.717) is 41.2 Å². The maximum atomic E-state index is 14.5. The summed E-state index contributed by atoms with van der Waals surface area (Å²) in [6.07, 6.45) is 0.575. The fraction of sp³-hybridized carbons (Fsp3) is 0.250. The summed E-state index contributed by atoms with van der Waals surface area (Å²) in [5.41, 5.74) is 0.291. The Morgan fingerprint density at radius 3 is 2.62 bits per heavy atom. The molecule has 0 N–H and O–H groups in total. The molecule has 1 saturated heterocycles. The van der Waals surface area contributed by atoms with Gasteiger partial charge in [0.25, 0.3) is 0 Å².